The van der Waals surface area contributed by atoms with E-state index in [0.29, 0.717) is 0 Å². The van der Waals surface area contributed by atoms with Gasteiger partial charge in [0, 0.05) is 28.6 Å². The number of benzene rings is 2. The minimum Gasteiger partial charge on any atom is -0.264 e. The first-order valence-electron chi connectivity index (χ1n) is 5.15. The highest BCUT2D eigenvalue weighted by molar-refractivity contribution is 6.14. The summed E-state index contributed by atoms with van der Waals surface area (Å²) in [5.74, 6) is 0. The molecule has 1 aromatic heterocycles. The standard InChI is InChI=1S/C13H7N3/c1-2-8-6-9-7-14-5-4-10(9)13-12(8)11(3-1)15-16-13/h1-7H. The Morgan fingerprint density at radius 2 is 1.94 bits per heavy atom. The number of azo groups is 1. The number of hydrogen-bond acceptors (Lipinski definition) is 3. The SMILES string of the molecule is c1cc2c3c(c4ccncc4cc3c1)N=N2. The van der Waals surface area contributed by atoms with E-state index in [1.54, 1.807) is 6.20 Å². The van der Waals surface area contributed by atoms with E-state index in [4.69, 9.17) is 0 Å². The van der Waals surface area contributed by atoms with Gasteiger partial charge in [-0.25, -0.2) is 0 Å². The Morgan fingerprint density at radius 1 is 0.938 bits per heavy atom. The lowest BCUT2D eigenvalue weighted by Crippen LogP contribution is -1.77. The van der Waals surface area contributed by atoms with Crippen molar-refractivity contribution in [3.8, 4) is 0 Å². The fourth-order valence-corrected chi connectivity index (χ4v) is 2.27. The highest BCUT2D eigenvalue weighted by Crippen LogP contribution is 2.44. The van der Waals surface area contributed by atoms with E-state index in [2.05, 4.69) is 27.3 Å². The lowest BCUT2D eigenvalue weighted by molar-refractivity contribution is 1.30. The molecule has 2 heterocycles. The number of nitrogens with zero attached hydrogens (tertiary/aromatic N) is 3. The first kappa shape index (κ1) is 7.93. The van der Waals surface area contributed by atoms with Crippen molar-refractivity contribution in [3.05, 3.63) is 42.7 Å². The van der Waals surface area contributed by atoms with E-state index >= 15 is 0 Å². The third-order valence-electron chi connectivity index (χ3n) is 2.99. The first-order chi connectivity index (χ1) is 7.93. The molecule has 0 N–H and O–H groups in total. The summed E-state index contributed by atoms with van der Waals surface area (Å²) < 4.78 is 0. The Hall–Kier alpha value is -2.29. The van der Waals surface area contributed by atoms with Crippen LogP contribution in [0.2, 0.25) is 0 Å². The molecule has 0 saturated heterocycles. The van der Waals surface area contributed by atoms with Crippen molar-refractivity contribution in [2.75, 3.05) is 0 Å². The van der Waals surface area contributed by atoms with Gasteiger partial charge in [0.2, 0.25) is 0 Å². The van der Waals surface area contributed by atoms with Crippen LogP contribution in [0.1, 0.15) is 0 Å². The highest BCUT2D eigenvalue weighted by Gasteiger charge is 2.14. The molecular formula is C13H7N3. The van der Waals surface area contributed by atoms with Crippen LogP contribution in [0.4, 0.5) is 11.4 Å². The van der Waals surface area contributed by atoms with Crippen molar-refractivity contribution in [2.24, 2.45) is 10.2 Å². The van der Waals surface area contributed by atoms with Gasteiger partial charge in [-0.15, -0.1) is 10.2 Å². The first-order valence-corrected chi connectivity index (χ1v) is 5.15. The molecule has 1 aliphatic rings. The predicted octanol–water partition coefficient (Wildman–Crippen LogP) is 4.12. The van der Waals surface area contributed by atoms with Gasteiger partial charge in [-0.05, 0) is 23.6 Å². The van der Waals surface area contributed by atoms with E-state index in [-0.39, 0.29) is 0 Å². The molecule has 0 aliphatic carbocycles. The molecule has 74 valence electrons. The van der Waals surface area contributed by atoms with E-state index in [9.17, 15) is 0 Å². The maximum atomic E-state index is 4.27. The van der Waals surface area contributed by atoms with Crippen molar-refractivity contribution in [1.82, 2.24) is 4.98 Å². The zero-order valence-corrected chi connectivity index (χ0v) is 8.38. The molecule has 0 fully saturated rings. The molecule has 0 bridgehead atoms. The van der Waals surface area contributed by atoms with Crippen LogP contribution in [-0.4, -0.2) is 4.98 Å². The van der Waals surface area contributed by atoms with Crippen molar-refractivity contribution in [2.45, 2.75) is 0 Å². The van der Waals surface area contributed by atoms with Crippen LogP contribution in [-0.2, 0) is 0 Å². The average Bonchev–Trinajstić information content (AvgIpc) is 2.76. The topological polar surface area (TPSA) is 37.6 Å². The van der Waals surface area contributed by atoms with Crippen LogP contribution in [0.5, 0.6) is 0 Å². The van der Waals surface area contributed by atoms with Gasteiger partial charge in [-0.2, -0.15) is 0 Å². The van der Waals surface area contributed by atoms with Crippen LogP contribution in [0.3, 0.4) is 0 Å². The summed E-state index contributed by atoms with van der Waals surface area (Å²) in [5, 5.41) is 13.0. The number of rotatable bonds is 0. The molecule has 0 atom stereocenters. The summed E-state index contributed by atoms with van der Waals surface area (Å²) in [6.07, 6.45) is 3.66. The molecule has 0 unspecified atom stereocenters. The number of pyridine rings is 1. The molecule has 0 spiro atoms. The smallest absolute Gasteiger partial charge is 0.104 e. The van der Waals surface area contributed by atoms with Crippen molar-refractivity contribution < 1.29 is 0 Å². The number of fused-ring (bicyclic) bond motifs is 2. The Morgan fingerprint density at radius 3 is 2.94 bits per heavy atom. The molecule has 1 aliphatic heterocycles. The zero-order valence-electron chi connectivity index (χ0n) is 8.38. The second-order valence-electron chi connectivity index (χ2n) is 3.90. The molecule has 0 saturated carbocycles. The fraction of sp³-hybridized carbons (Fsp3) is 0. The molecule has 0 amide bonds. The average molecular weight is 205 g/mol. The molecule has 0 radical (unpaired) electrons. The lowest BCUT2D eigenvalue weighted by atomic mass is 10.0. The van der Waals surface area contributed by atoms with E-state index in [0.717, 1.165) is 27.5 Å². The molecule has 3 nitrogen and oxygen atoms in total. The summed E-state index contributed by atoms with van der Waals surface area (Å²) in [5.41, 5.74) is 1.94. The van der Waals surface area contributed by atoms with Gasteiger partial charge in [0.1, 0.15) is 5.69 Å². The van der Waals surface area contributed by atoms with Gasteiger partial charge in [0.05, 0.1) is 5.69 Å². The predicted molar refractivity (Wildman–Crippen MR) is 63.4 cm³/mol. The third kappa shape index (κ3) is 0.852. The summed E-state index contributed by atoms with van der Waals surface area (Å²) in [6.45, 7) is 0. The lowest BCUT2D eigenvalue weighted by Gasteiger charge is -2.03. The number of hydrogen-bond donors (Lipinski definition) is 0. The zero-order chi connectivity index (χ0) is 10.5. The van der Waals surface area contributed by atoms with Crippen LogP contribution in [0.25, 0.3) is 21.5 Å². The van der Waals surface area contributed by atoms with Crippen LogP contribution >= 0.6 is 0 Å². The van der Waals surface area contributed by atoms with E-state index < -0.39 is 0 Å². The van der Waals surface area contributed by atoms with Crippen LogP contribution in [0.15, 0.2) is 53.0 Å². The van der Waals surface area contributed by atoms with Gasteiger partial charge < -0.3 is 0 Å². The molecule has 4 rings (SSSR count). The third-order valence-corrected chi connectivity index (χ3v) is 2.99. The van der Waals surface area contributed by atoms with Gasteiger partial charge >= 0.3 is 0 Å². The van der Waals surface area contributed by atoms with Crippen molar-refractivity contribution in [1.29, 1.82) is 0 Å². The monoisotopic (exact) mass is 205 g/mol. The molecule has 3 heteroatoms. The van der Waals surface area contributed by atoms with Crippen molar-refractivity contribution in [3.63, 3.8) is 0 Å². The highest BCUT2D eigenvalue weighted by atomic mass is 15.1. The molecule has 3 aromatic rings. The van der Waals surface area contributed by atoms with Crippen LogP contribution in [0, 0.1) is 0 Å². The minimum absolute atomic E-state index is 0.964. The van der Waals surface area contributed by atoms with Gasteiger partial charge in [0.25, 0.3) is 0 Å². The molecule has 2 aromatic carbocycles. The van der Waals surface area contributed by atoms with E-state index in [1.807, 2.05) is 24.4 Å². The van der Waals surface area contributed by atoms with E-state index in [1.165, 1.54) is 5.39 Å². The Labute approximate surface area is 91.5 Å². The largest absolute Gasteiger partial charge is 0.264 e. The molecular weight excluding hydrogens is 198 g/mol. The van der Waals surface area contributed by atoms with Crippen molar-refractivity contribution >= 4 is 32.9 Å². The van der Waals surface area contributed by atoms with Gasteiger partial charge in [0.15, 0.2) is 0 Å². The number of aromatic nitrogens is 1. The summed E-state index contributed by atoms with van der Waals surface area (Å²) >= 11 is 0. The summed E-state index contributed by atoms with van der Waals surface area (Å²) in [4.78, 5) is 4.14. The normalized spacial score (nSPS) is 12.8. The van der Waals surface area contributed by atoms with Gasteiger partial charge in [-0.3, -0.25) is 4.98 Å². The maximum Gasteiger partial charge on any atom is 0.104 e. The quantitative estimate of drug-likeness (QED) is 0.398. The summed E-state index contributed by atoms with van der Waals surface area (Å²) in [6, 6.07) is 10.2. The second-order valence-corrected chi connectivity index (χ2v) is 3.90. The Kier molecular flexibility index (Phi) is 1.31. The summed E-state index contributed by atoms with van der Waals surface area (Å²) in [7, 11) is 0. The van der Waals surface area contributed by atoms with Crippen LogP contribution < -0.4 is 0 Å². The fourth-order valence-electron chi connectivity index (χ4n) is 2.27. The molecule has 16 heavy (non-hydrogen) atoms. The Balaban J connectivity index is 2.38. The Bertz CT molecular complexity index is 760. The van der Waals surface area contributed by atoms with Gasteiger partial charge in [-0.1, -0.05) is 12.1 Å². The maximum absolute atomic E-state index is 4.27. The second kappa shape index (κ2) is 2.64. The minimum atomic E-state index is 0.964.